The Kier molecular flexibility index (Phi) is 4.63. The molecule has 6 heteroatoms. The van der Waals surface area contributed by atoms with Crippen LogP contribution in [-0.4, -0.2) is 9.55 Å². The third kappa shape index (κ3) is 3.31. The Morgan fingerprint density at radius 3 is 2.48 bits per heavy atom. The van der Waals surface area contributed by atoms with Crippen LogP contribution in [0.25, 0.3) is 0 Å². The average Bonchev–Trinajstić information content (AvgIpc) is 2.94. The predicted octanol–water partition coefficient (Wildman–Crippen LogP) is 6.09. The second kappa shape index (κ2) is 6.47. The van der Waals surface area contributed by atoms with E-state index < -0.39 is 0 Å². The molecule has 1 aromatic carbocycles. The van der Waals surface area contributed by atoms with E-state index in [-0.39, 0.29) is 0 Å². The fourth-order valence-corrected chi connectivity index (χ4v) is 3.40. The van der Waals surface area contributed by atoms with Crippen LogP contribution >= 0.6 is 34.8 Å². The van der Waals surface area contributed by atoms with Gasteiger partial charge >= 0.3 is 0 Å². The SMILES string of the molecule is Clc1cc(Cl)c(Nc2nccn2C2CCCCC2)cc1Cl. The van der Waals surface area contributed by atoms with Crippen LogP contribution in [0.5, 0.6) is 0 Å². The highest BCUT2D eigenvalue weighted by molar-refractivity contribution is 6.44. The van der Waals surface area contributed by atoms with Crippen molar-refractivity contribution in [3.8, 4) is 0 Å². The molecule has 0 radical (unpaired) electrons. The molecule has 0 spiro atoms. The molecule has 2 aromatic rings. The maximum absolute atomic E-state index is 6.21. The van der Waals surface area contributed by atoms with E-state index in [9.17, 15) is 0 Å². The second-order valence-corrected chi connectivity index (χ2v) is 6.54. The molecule has 1 aliphatic carbocycles. The highest BCUT2D eigenvalue weighted by Gasteiger charge is 2.18. The first-order valence-corrected chi connectivity index (χ1v) is 8.23. The first-order valence-electron chi connectivity index (χ1n) is 7.09. The zero-order valence-corrected chi connectivity index (χ0v) is 13.7. The van der Waals surface area contributed by atoms with Gasteiger partial charge in [0.2, 0.25) is 5.95 Å². The minimum Gasteiger partial charge on any atom is -0.324 e. The van der Waals surface area contributed by atoms with E-state index >= 15 is 0 Å². The molecular weight excluding hydrogens is 329 g/mol. The molecule has 0 bridgehead atoms. The van der Waals surface area contributed by atoms with Crippen LogP contribution < -0.4 is 5.32 Å². The highest BCUT2D eigenvalue weighted by atomic mass is 35.5. The Morgan fingerprint density at radius 1 is 1.00 bits per heavy atom. The smallest absolute Gasteiger partial charge is 0.207 e. The lowest BCUT2D eigenvalue weighted by atomic mass is 9.95. The Bertz CT molecular complexity index is 633. The summed E-state index contributed by atoms with van der Waals surface area (Å²) in [6.07, 6.45) is 10.1. The molecule has 3 rings (SSSR count). The van der Waals surface area contributed by atoms with Crippen molar-refractivity contribution < 1.29 is 0 Å². The molecule has 3 nitrogen and oxygen atoms in total. The number of rotatable bonds is 3. The summed E-state index contributed by atoms with van der Waals surface area (Å²) in [5.74, 6) is 0.794. The van der Waals surface area contributed by atoms with E-state index in [4.69, 9.17) is 34.8 Å². The van der Waals surface area contributed by atoms with Gasteiger partial charge in [-0.1, -0.05) is 54.1 Å². The fraction of sp³-hybridized carbons (Fsp3) is 0.400. The number of hydrogen-bond donors (Lipinski definition) is 1. The fourth-order valence-electron chi connectivity index (χ4n) is 2.80. The van der Waals surface area contributed by atoms with Gasteiger partial charge in [-0.25, -0.2) is 4.98 Å². The molecule has 112 valence electrons. The lowest BCUT2D eigenvalue weighted by Crippen LogP contribution is -2.14. The van der Waals surface area contributed by atoms with Crippen molar-refractivity contribution in [1.29, 1.82) is 0 Å². The summed E-state index contributed by atoms with van der Waals surface area (Å²) in [5, 5.41) is 4.71. The summed E-state index contributed by atoms with van der Waals surface area (Å²) >= 11 is 18.2. The molecule has 0 unspecified atom stereocenters. The van der Waals surface area contributed by atoms with E-state index in [0.717, 1.165) is 5.95 Å². The summed E-state index contributed by atoms with van der Waals surface area (Å²) in [4.78, 5) is 4.40. The van der Waals surface area contributed by atoms with Crippen molar-refractivity contribution in [2.45, 2.75) is 38.1 Å². The molecule has 0 atom stereocenters. The zero-order valence-electron chi connectivity index (χ0n) is 11.5. The first kappa shape index (κ1) is 15.0. The van der Waals surface area contributed by atoms with Gasteiger partial charge in [-0.05, 0) is 25.0 Å². The molecule has 1 aliphatic rings. The van der Waals surface area contributed by atoms with Gasteiger partial charge < -0.3 is 9.88 Å². The maximum Gasteiger partial charge on any atom is 0.207 e. The van der Waals surface area contributed by atoms with Crippen molar-refractivity contribution in [2.24, 2.45) is 0 Å². The van der Waals surface area contributed by atoms with Gasteiger partial charge in [0.15, 0.2) is 0 Å². The van der Waals surface area contributed by atoms with E-state index in [1.807, 2.05) is 12.4 Å². The minimum absolute atomic E-state index is 0.447. The van der Waals surface area contributed by atoms with Crippen molar-refractivity contribution in [1.82, 2.24) is 9.55 Å². The summed E-state index contributed by atoms with van der Waals surface area (Å²) in [6, 6.07) is 3.87. The molecule has 1 fully saturated rings. The number of aromatic nitrogens is 2. The molecule has 21 heavy (non-hydrogen) atoms. The van der Waals surface area contributed by atoms with E-state index in [0.29, 0.717) is 26.8 Å². The summed E-state index contributed by atoms with van der Waals surface area (Å²) in [6.45, 7) is 0. The van der Waals surface area contributed by atoms with E-state index in [1.165, 1.54) is 32.1 Å². The van der Waals surface area contributed by atoms with Crippen LogP contribution in [0.4, 0.5) is 11.6 Å². The van der Waals surface area contributed by atoms with E-state index in [1.54, 1.807) is 12.1 Å². The number of nitrogens with zero attached hydrogens (tertiary/aromatic N) is 2. The van der Waals surface area contributed by atoms with Crippen LogP contribution in [-0.2, 0) is 0 Å². The van der Waals surface area contributed by atoms with Crippen LogP contribution in [0.3, 0.4) is 0 Å². The Morgan fingerprint density at radius 2 is 1.71 bits per heavy atom. The van der Waals surface area contributed by atoms with Crippen LogP contribution in [0, 0.1) is 0 Å². The Hall–Kier alpha value is -0.900. The summed E-state index contributed by atoms with van der Waals surface area (Å²) < 4.78 is 2.19. The quantitative estimate of drug-likeness (QED) is 0.682. The number of halogens is 3. The maximum atomic E-state index is 6.21. The Labute approximate surface area is 139 Å². The largest absolute Gasteiger partial charge is 0.324 e. The molecule has 1 aromatic heterocycles. The third-order valence-corrected chi connectivity index (χ3v) is 4.93. The zero-order chi connectivity index (χ0) is 14.8. The van der Waals surface area contributed by atoms with Gasteiger partial charge in [0.25, 0.3) is 0 Å². The minimum atomic E-state index is 0.447. The normalized spacial score (nSPS) is 16.1. The summed E-state index contributed by atoms with van der Waals surface area (Å²) in [5.41, 5.74) is 0.717. The molecule has 1 N–H and O–H groups in total. The topological polar surface area (TPSA) is 29.9 Å². The molecule has 1 saturated carbocycles. The number of nitrogens with one attached hydrogen (secondary N) is 1. The molecule has 0 saturated heterocycles. The standard InChI is InChI=1S/C15H16Cl3N3/c16-11-8-13(18)14(9-12(11)17)20-15-19-6-7-21(15)10-4-2-1-3-5-10/h6-10H,1-5H2,(H,19,20). The van der Waals surface area contributed by atoms with Crippen molar-refractivity contribution in [3.63, 3.8) is 0 Å². The van der Waals surface area contributed by atoms with Crippen molar-refractivity contribution >= 4 is 46.4 Å². The van der Waals surface area contributed by atoms with Gasteiger partial charge in [-0.3, -0.25) is 0 Å². The van der Waals surface area contributed by atoms with Gasteiger partial charge in [0.1, 0.15) is 0 Å². The first-order chi connectivity index (χ1) is 10.1. The lowest BCUT2D eigenvalue weighted by molar-refractivity contribution is 0.356. The van der Waals surface area contributed by atoms with Gasteiger partial charge in [0, 0.05) is 18.4 Å². The number of hydrogen-bond acceptors (Lipinski definition) is 2. The highest BCUT2D eigenvalue weighted by Crippen LogP contribution is 2.35. The molecule has 0 aliphatic heterocycles. The average molecular weight is 345 g/mol. The van der Waals surface area contributed by atoms with Crippen LogP contribution in [0.2, 0.25) is 15.1 Å². The predicted molar refractivity (Wildman–Crippen MR) is 89.1 cm³/mol. The number of anilines is 2. The lowest BCUT2D eigenvalue weighted by Gasteiger charge is -2.25. The van der Waals surface area contributed by atoms with Crippen LogP contribution in [0.1, 0.15) is 38.1 Å². The molecular formula is C15H16Cl3N3. The van der Waals surface area contributed by atoms with Crippen molar-refractivity contribution in [3.05, 3.63) is 39.6 Å². The van der Waals surface area contributed by atoms with Crippen molar-refractivity contribution in [2.75, 3.05) is 5.32 Å². The molecule has 1 heterocycles. The monoisotopic (exact) mass is 343 g/mol. The van der Waals surface area contributed by atoms with Crippen LogP contribution in [0.15, 0.2) is 24.5 Å². The Balaban J connectivity index is 1.85. The van der Waals surface area contributed by atoms with Gasteiger partial charge in [-0.15, -0.1) is 0 Å². The van der Waals surface area contributed by atoms with Gasteiger partial charge in [-0.2, -0.15) is 0 Å². The summed E-state index contributed by atoms with van der Waals surface area (Å²) in [7, 11) is 0. The second-order valence-electron chi connectivity index (χ2n) is 5.32. The third-order valence-electron chi connectivity index (χ3n) is 3.89. The van der Waals surface area contributed by atoms with Gasteiger partial charge in [0.05, 0.1) is 20.8 Å². The molecule has 0 amide bonds. The van der Waals surface area contributed by atoms with E-state index in [2.05, 4.69) is 14.9 Å². The number of benzene rings is 1. The number of imidazole rings is 1.